The lowest BCUT2D eigenvalue weighted by Gasteiger charge is -2.09. The molecule has 6 N–H and O–H groups in total. The maximum Gasteiger partial charge on any atom is 0.397 e. The first-order chi connectivity index (χ1) is 14.1. The van der Waals surface area contributed by atoms with Gasteiger partial charge in [0.05, 0.1) is 0 Å². The van der Waals surface area contributed by atoms with Gasteiger partial charge in [-0.2, -0.15) is 0 Å². The van der Waals surface area contributed by atoms with Crippen molar-refractivity contribution in [1.29, 1.82) is 0 Å². The highest BCUT2D eigenvalue weighted by Gasteiger charge is 2.06. The topological polar surface area (TPSA) is 149 Å². The summed E-state index contributed by atoms with van der Waals surface area (Å²) in [4.78, 5) is 40.1. The summed E-state index contributed by atoms with van der Waals surface area (Å²) in [6.07, 6.45) is 1.38. The SMILES string of the molecule is Cc1c[nH]c(=O)[nH]c1=O.NP(=O)(O)O.c1cc2ccc3cccc4ccc(c1)c2c34. The second-order valence-corrected chi connectivity index (χ2v) is 7.81. The quantitative estimate of drug-likeness (QED) is 0.190. The maximum atomic E-state index is 10.6. The Bertz CT molecular complexity index is 1330. The fraction of sp³-hybridized carbons (Fsp3) is 0.0476. The van der Waals surface area contributed by atoms with Crippen LogP contribution in [0.3, 0.4) is 0 Å². The van der Waals surface area contributed by atoms with Crippen LogP contribution in [0.1, 0.15) is 5.56 Å². The molecule has 0 atom stereocenters. The average molecular weight is 425 g/mol. The summed E-state index contributed by atoms with van der Waals surface area (Å²) in [5, 5.41) is 8.14. The van der Waals surface area contributed by atoms with Gasteiger partial charge in [-0.25, -0.2) is 14.9 Å². The molecule has 5 aromatic rings. The van der Waals surface area contributed by atoms with Gasteiger partial charge in [-0.05, 0) is 39.2 Å². The number of hydrogen-bond acceptors (Lipinski definition) is 3. The van der Waals surface area contributed by atoms with Gasteiger partial charge in [0.1, 0.15) is 0 Å². The molecule has 0 amide bonds. The molecule has 5 rings (SSSR count). The second-order valence-electron chi connectivity index (χ2n) is 6.63. The van der Waals surface area contributed by atoms with Gasteiger partial charge in [-0.15, -0.1) is 0 Å². The standard InChI is InChI=1S/C16H10.C5H6N2O2.H4NO3P/c1-3-11-7-9-13-5-2-6-14-10-8-12(4-1)15(11)16(13)14;1-3-2-6-5(9)7-4(3)8;1-5(2,3)4/h1-10H;2H,1H3,(H2,6,7,8,9);(H4,1,2,3,4). The third-order valence-corrected chi connectivity index (χ3v) is 4.40. The fourth-order valence-corrected chi connectivity index (χ4v) is 3.15. The van der Waals surface area contributed by atoms with Crippen LogP contribution in [0.2, 0.25) is 0 Å². The van der Waals surface area contributed by atoms with Crippen molar-refractivity contribution in [2.75, 3.05) is 0 Å². The van der Waals surface area contributed by atoms with Gasteiger partial charge in [0, 0.05) is 11.8 Å². The molecule has 0 radical (unpaired) electrons. The molecule has 154 valence electrons. The Morgan fingerprint density at radius 3 is 1.47 bits per heavy atom. The largest absolute Gasteiger partial charge is 0.397 e. The molecule has 1 aromatic heterocycles. The normalized spacial score (nSPS) is 11.1. The van der Waals surface area contributed by atoms with E-state index < -0.39 is 13.4 Å². The number of benzene rings is 4. The minimum Gasteiger partial charge on any atom is -0.314 e. The second kappa shape index (κ2) is 8.61. The molecular weight excluding hydrogens is 405 g/mol. The van der Waals surface area contributed by atoms with Crippen molar-refractivity contribution in [2.45, 2.75) is 6.92 Å². The lowest BCUT2D eigenvalue weighted by atomic mass is 9.95. The van der Waals surface area contributed by atoms with Gasteiger partial charge in [0.25, 0.3) is 5.56 Å². The summed E-state index contributed by atoms with van der Waals surface area (Å²) >= 11 is 0. The van der Waals surface area contributed by atoms with Crippen LogP contribution in [0.5, 0.6) is 0 Å². The number of H-pyrrole nitrogens is 2. The molecule has 30 heavy (non-hydrogen) atoms. The molecule has 0 saturated heterocycles. The Kier molecular flexibility index (Phi) is 6.14. The Hall–Kier alpha value is -3.29. The zero-order valence-corrected chi connectivity index (χ0v) is 16.9. The molecule has 0 unspecified atom stereocenters. The molecule has 4 aromatic carbocycles. The van der Waals surface area contributed by atoms with Crippen LogP contribution >= 0.6 is 7.75 Å². The van der Waals surface area contributed by atoms with Crippen LogP contribution in [-0.4, -0.2) is 19.8 Å². The maximum absolute atomic E-state index is 10.6. The smallest absolute Gasteiger partial charge is 0.314 e. The van der Waals surface area contributed by atoms with Crippen LogP contribution in [0, 0.1) is 6.92 Å². The number of aromatic amines is 2. The van der Waals surface area contributed by atoms with Crippen LogP contribution in [-0.2, 0) is 4.57 Å². The Morgan fingerprint density at radius 1 is 0.800 bits per heavy atom. The van der Waals surface area contributed by atoms with E-state index in [0.717, 1.165) is 0 Å². The first-order valence-electron chi connectivity index (χ1n) is 8.89. The van der Waals surface area contributed by atoms with E-state index in [9.17, 15) is 9.59 Å². The molecule has 8 nitrogen and oxygen atoms in total. The first-order valence-corrected chi connectivity index (χ1v) is 10.6. The van der Waals surface area contributed by atoms with E-state index in [-0.39, 0.29) is 5.56 Å². The Balaban J connectivity index is 0.000000156. The van der Waals surface area contributed by atoms with E-state index in [0.29, 0.717) is 5.56 Å². The molecule has 0 spiro atoms. The highest BCUT2D eigenvalue weighted by molar-refractivity contribution is 7.49. The number of nitrogens with one attached hydrogen (secondary N) is 2. The van der Waals surface area contributed by atoms with Gasteiger partial charge < -0.3 is 14.8 Å². The van der Waals surface area contributed by atoms with E-state index in [4.69, 9.17) is 14.4 Å². The van der Waals surface area contributed by atoms with E-state index >= 15 is 0 Å². The van der Waals surface area contributed by atoms with Crippen molar-refractivity contribution in [3.05, 3.63) is 93.3 Å². The molecule has 1 heterocycles. The van der Waals surface area contributed by atoms with E-state index in [1.54, 1.807) is 6.92 Å². The summed E-state index contributed by atoms with van der Waals surface area (Å²) in [6.45, 7) is 1.62. The predicted octanol–water partition coefficient (Wildman–Crippen LogP) is 2.99. The summed E-state index contributed by atoms with van der Waals surface area (Å²) in [6, 6.07) is 21.9. The van der Waals surface area contributed by atoms with Gasteiger partial charge in [0.2, 0.25) is 0 Å². The van der Waals surface area contributed by atoms with E-state index in [1.165, 1.54) is 38.5 Å². The zero-order chi connectivity index (χ0) is 21.9. The number of rotatable bonds is 0. The fourth-order valence-electron chi connectivity index (χ4n) is 3.15. The minimum absolute atomic E-state index is 0.334. The van der Waals surface area contributed by atoms with E-state index in [1.807, 2.05) is 0 Å². The van der Waals surface area contributed by atoms with Crippen molar-refractivity contribution in [3.63, 3.8) is 0 Å². The molecule has 0 saturated carbocycles. The van der Waals surface area contributed by atoms with Crippen LogP contribution in [0.25, 0.3) is 32.3 Å². The average Bonchev–Trinajstić information content (AvgIpc) is 2.69. The summed E-state index contributed by atoms with van der Waals surface area (Å²) in [7, 11) is -4.14. The number of aromatic nitrogens is 2. The highest BCUT2D eigenvalue weighted by atomic mass is 31.2. The van der Waals surface area contributed by atoms with Crippen molar-refractivity contribution >= 4 is 40.1 Å². The van der Waals surface area contributed by atoms with Crippen LogP contribution < -0.4 is 16.8 Å². The Morgan fingerprint density at radius 2 is 1.17 bits per heavy atom. The van der Waals surface area contributed by atoms with E-state index in [2.05, 4.69) is 76.1 Å². The number of hydrogen-bond donors (Lipinski definition) is 5. The van der Waals surface area contributed by atoms with Crippen LogP contribution in [0.4, 0.5) is 0 Å². The van der Waals surface area contributed by atoms with Crippen molar-refractivity contribution < 1.29 is 14.4 Å². The third kappa shape index (κ3) is 5.20. The lowest BCUT2D eigenvalue weighted by Crippen LogP contribution is -2.22. The third-order valence-electron chi connectivity index (χ3n) is 4.40. The number of aryl methyl sites for hydroxylation is 1. The first kappa shape index (κ1) is 21.4. The molecule has 0 aliphatic carbocycles. The molecule has 9 heteroatoms. The van der Waals surface area contributed by atoms with Gasteiger partial charge in [-0.3, -0.25) is 9.78 Å². The molecule has 0 bridgehead atoms. The van der Waals surface area contributed by atoms with Crippen molar-refractivity contribution in [3.8, 4) is 0 Å². The predicted molar refractivity (Wildman–Crippen MR) is 119 cm³/mol. The lowest BCUT2D eigenvalue weighted by molar-refractivity contribution is 0.374. The van der Waals surface area contributed by atoms with Gasteiger partial charge >= 0.3 is 13.4 Å². The Labute approximate surface area is 170 Å². The molecule has 0 aliphatic heterocycles. The zero-order valence-electron chi connectivity index (χ0n) is 16.0. The molecule has 0 aliphatic rings. The van der Waals surface area contributed by atoms with Crippen molar-refractivity contribution in [2.24, 2.45) is 5.50 Å². The van der Waals surface area contributed by atoms with Gasteiger partial charge in [-0.1, -0.05) is 60.7 Å². The summed E-state index contributed by atoms with van der Waals surface area (Å²) in [5.74, 6) is 0. The van der Waals surface area contributed by atoms with Gasteiger partial charge in [0.15, 0.2) is 0 Å². The summed E-state index contributed by atoms with van der Waals surface area (Å²) in [5.41, 5.74) is 3.73. The molecule has 0 fully saturated rings. The number of nitrogens with two attached hydrogens (primary N) is 1. The monoisotopic (exact) mass is 425 g/mol. The highest BCUT2D eigenvalue weighted by Crippen LogP contribution is 2.33. The summed E-state index contributed by atoms with van der Waals surface area (Å²) < 4.78 is 9.10. The van der Waals surface area contributed by atoms with Crippen molar-refractivity contribution in [1.82, 2.24) is 9.97 Å². The van der Waals surface area contributed by atoms with Crippen LogP contribution in [0.15, 0.2) is 76.4 Å². The minimum atomic E-state index is -4.14. The molecular formula is C21H20N3O5P.